The van der Waals surface area contributed by atoms with E-state index in [4.69, 9.17) is 4.74 Å². The van der Waals surface area contributed by atoms with Gasteiger partial charge < -0.3 is 4.74 Å². The summed E-state index contributed by atoms with van der Waals surface area (Å²) in [6.45, 7) is 3.00. The smallest absolute Gasteiger partial charge is 0.0608 e. The molecule has 0 bridgehead atoms. The van der Waals surface area contributed by atoms with Gasteiger partial charge in [-0.15, -0.1) is 0 Å². The lowest BCUT2D eigenvalue weighted by molar-refractivity contribution is 0.103. The number of ether oxygens (including phenoxy) is 1. The van der Waals surface area contributed by atoms with Gasteiger partial charge in [0.15, 0.2) is 0 Å². The molecule has 1 unspecified atom stereocenters. The maximum atomic E-state index is 6.03. The van der Waals surface area contributed by atoms with Crippen LogP contribution in [0.5, 0.6) is 0 Å². The molecule has 1 aliphatic rings. The van der Waals surface area contributed by atoms with Gasteiger partial charge in [-0.05, 0) is 24.0 Å². The molecule has 0 spiro atoms. The Balaban J connectivity index is 2.07. The second-order valence-electron chi connectivity index (χ2n) is 5.36. The first-order valence-corrected chi connectivity index (χ1v) is 7.08. The molecule has 0 saturated carbocycles. The Morgan fingerprint density at radius 3 is 1.89 bits per heavy atom. The first kappa shape index (κ1) is 12.4. The SMILES string of the molecule is CCC1CC(c2ccccc2)(c2ccccc2)CO1. The summed E-state index contributed by atoms with van der Waals surface area (Å²) in [5.41, 5.74) is 2.78. The summed E-state index contributed by atoms with van der Waals surface area (Å²) in [5, 5.41) is 0. The van der Waals surface area contributed by atoms with Crippen molar-refractivity contribution in [2.75, 3.05) is 6.61 Å². The zero-order valence-corrected chi connectivity index (χ0v) is 11.4. The molecule has 0 amide bonds. The van der Waals surface area contributed by atoms with E-state index in [0.717, 1.165) is 19.4 Å². The Morgan fingerprint density at radius 2 is 1.47 bits per heavy atom. The lowest BCUT2D eigenvalue weighted by atomic mass is 9.73. The van der Waals surface area contributed by atoms with Crippen molar-refractivity contribution in [3.63, 3.8) is 0 Å². The van der Waals surface area contributed by atoms with Crippen molar-refractivity contribution in [1.29, 1.82) is 0 Å². The lowest BCUT2D eigenvalue weighted by Gasteiger charge is -2.29. The predicted molar refractivity (Wildman–Crippen MR) is 78.3 cm³/mol. The van der Waals surface area contributed by atoms with Crippen molar-refractivity contribution in [1.82, 2.24) is 0 Å². The molecule has 98 valence electrons. The molecule has 2 aromatic rings. The Labute approximate surface area is 115 Å². The van der Waals surface area contributed by atoms with Gasteiger partial charge in [0.05, 0.1) is 12.7 Å². The molecule has 2 aromatic carbocycles. The fraction of sp³-hybridized carbons (Fsp3) is 0.333. The van der Waals surface area contributed by atoms with Crippen LogP contribution < -0.4 is 0 Å². The third-order valence-corrected chi connectivity index (χ3v) is 4.25. The Hall–Kier alpha value is -1.60. The topological polar surface area (TPSA) is 9.23 Å². The minimum Gasteiger partial charge on any atom is -0.377 e. The van der Waals surface area contributed by atoms with Crippen LogP contribution in [0.3, 0.4) is 0 Å². The van der Waals surface area contributed by atoms with Gasteiger partial charge in [-0.2, -0.15) is 0 Å². The van der Waals surface area contributed by atoms with Crippen molar-refractivity contribution in [2.24, 2.45) is 0 Å². The molecule has 19 heavy (non-hydrogen) atoms. The zero-order valence-electron chi connectivity index (χ0n) is 11.4. The predicted octanol–water partition coefficient (Wildman–Crippen LogP) is 4.17. The molecule has 0 radical (unpaired) electrons. The van der Waals surface area contributed by atoms with E-state index in [0.29, 0.717) is 6.10 Å². The van der Waals surface area contributed by atoms with Gasteiger partial charge >= 0.3 is 0 Å². The van der Waals surface area contributed by atoms with Gasteiger partial charge in [-0.25, -0.2) is 0 Å². The van der Waals surface area contributed by atoms with Crippen LogP contribution in [0.4, 0.5) is 0 Å². The van der Waals surface area contributed by atoms with E-state index in [9.17, 15) is 0 Å². The molecule has 0 aliphatic carbocycles. The quantitative estimate of drug-likeness (QED) is 0.796. The van der Waals surface area contributed by atoms with E-state index in [1.165, 1.54) is 11.1 Å². The minimum atomic E-state index is 0.0309. The minimum absolute atomic E-state index is 0.0309. The van der Waals surface area contributed by atoms with Gasteiger partial charge in [-0.3, -0.25) is 0 Å². The standard InChI is InChI=1S/C18H20O/c1-2-17-13-18(14-19-17,15-9-5-3-6-10-15)16-11-7-4-8-12-16/h3-12,17H,2,13-14H2,1H3. The Kier molecular flexibility index (Phi) is 3.39. The second-order valence-corrected chi connectivity index (χ2v) is 5.36. The first-order chi connectivity index (χ1) is 9.35. The number of rotatable bonds is 3. The van der Waals surface area contributed by atoms with Crippen molar-refractivity contribution in [3.8, 4) is 0 Å². The highest BCUT2D eigenvalue weighted by molar-refractivity contribution is 5.40. The summed E-state index contributed by atoms with van der Waals surface area (Å²) in [4.78, 5) is 0. The van der Waals surface area contributed by atoms with E-state index in [1.54, 1.807) is 0 Å². The van der Waals surface area contributed by atoms with Crippen LogP contribution in [0.1, 0.15) is 30.9 Å². The second kappa shape index (κ2) is 5.18. The summed E-state index contributed by atoms with van der Waals surface area (Å²) in [6.07, 6.45) is 2.54. The van der Waals surface area contributed by atoms with Crippen LogP contribution >= 0.6 is 0 Å². The van der Waals surface area contributed by atoms with Crippen molar-refractivity contribution >= 4 is 0 Å². The number of hydrogen-bond acceptors (Lipinski definition) is 1. The maximum Gasteiger partial charge on any atom is 0.0608 e. The average molecular weight is 252 g/mol. The molecule has 1 heteroatoms. The van der Waals surface area contributed by atoms with Gasteiger partial charge in [0.1, 0.15) is 0 Å². The Bertz CT molecular complexity index is 478. The molecule has 1 saturated heterocycles. The summed E-state index contributed by atoms with van der Waals surface area (Å²) in [7, 11) is 0. The van der Waals surface area contributed by atoms with E-state index < -0.39 is 0 Å². The molecule has 0 N–H and O–H groups in total. The third kappa shape index (κ3) is 2.19. The highest BCUT2D eigenvalue weighted by Crippen LogP contribution is 2.42. The normalized spacial score (nSPS) is 21.4. The molecular weight excluding hydrogens is 232 g/mol. The van der Waals surface area contributed by atoms with Crippen LogP contribution in [0.25, 0.3) is 0 Å². The highest BCUT2D eigenvalue weighted by Gasteiger charge is 2.42. The van der Waals surface area contributed by atoms with Crippen molar-refractivity contribution in [3.05, 3.63) is 71.8 Å². The van der Waals surface area contributed by atoms with Gasteiger partial charge in [0.25, 0.3) is 0 Å². The zero-order chi connectivity index (χ0) is 13.1. The van der Waals surface area contributed by atoms with E-state index in [-0.39, 0.29) is 5.41 Å². The van der Waals surface area contributed by atoms with Crippen LogP contribution in [0, 0.1) is 0 Å². The average Bonchev–Trinajstić information content (AvgIpc) is 2.95. The summed E-state index contributed by atoms with van der Waals surface area (Å²) >= 11 is 0. The fourth-order valence-electron chi connectivity index (χ4n) is 3.11. The summed E-state index contributed by atoms with van der Waals surface area (Å²) in [5.74, 6) is 0. The maximum absolute atomic E-state index is 6.03. The van der Waals surface area contributed by atoms with Crippen molar-refractivity contribution in [2.45, 2.75) is 31.3 Å². The molecule has 1 fully saturated rings. The largest absolute Gasteiger partial charge is 0.377 e. The van der Waals surface area contributed by atoms with Gasteiger partial charge in [0, 0.05) is 5.41 Å². The number of hydrogen-bond donors (Lipinski definition) is 0. The molecule has 1 nitrogen and oxygen atoms in total. The lowest BCUT2D eigenvalue weighted by Crippen LogP contribution is -2.28. The highest BCUT2D eigenvalue weighted by atomic mass is 16.5. The Morgan fingerprint density at radius 1 is 0.947 bits per heavy atom. The van der Waals surface area contributed by atoms with Crippen LogP contribution in [-0.4, -0.2) is 12.7 Å². The van der Waals surface area contributed by atoms with Crippen LogP contribution in [0.15, 0.2) is 60.7 Å². The van der Waals surface area contributed by atoms with Gasteiger partial charge in [0.2, 0.25) is 0 Å². The first-order valence-electron chi connectivity index (χ1n) is 7.08. The summed E-state index contributed by atoms with van der Waals surface area (Å²) < 4.78 is 6.03. The van der Waals surface area contributed by atoms with E-state index in [2.05, 4.69) is 67.6 Å². The van der Waals surface area contributed by atoms with Crippen LogP contribution in [-0.2, 0) is 10.2 Å². The van der Waals surface area contributed by atoms with Crippen molar-refractivity contribution < 1.29 is 4.74 Å². The molecule has 1 aliphatic heterocycles. The number of benzene rings is 2. The third-order valence-electron chi connectivity index (χ3n) is 4.25. The summed E-state index contributed by atoms with van der Waals surface area (Å²) in [6, 6.07) is 21.6. The molecule has 3 rings (SSSR count). The molecule has 0 aromatic heterocycles. The van der Waals surface area contributed by atoms with E-state index >= 15 is 0 Å². The molecular formula is C18H20O. The monoisotopic (exact) mass is 252 g/mol. The molecule has 1 heterocycles. The van der Waals surface area contributed by atoms with Gasteiger partial charge in [-0.1, -0.05) is 67.6 Å². The van der Waals surface area contributed by atoms with E-state index in [1.807, 2.05) is 0 Å². The molecule has 1 atom stereocenters. The van der Waals surface area contributed by atoms with Crippen LogP contribution in [0.2, 0.25) is 0 Å². The fourth-order valence-corrected chi connectivity index (χ4v) is 3.11.